The van der Waals surface area contributed by atoms with Crippen LogP contribution in [0.4, 0.5) is 4.39 Å². The SMILES string of the molecule is COc1cc(C(=N)N(C)C)ccc1F. The lowest BCUT2D eigenvalue weighted by molar-refractivity contribution is 0.386. The van der Waals surface area contributed by atoms with Crippen LogP contribution < -0.4 is 4.74 Å². The zero-order chi connectivity index (χ0) is 10.7. The summed E-state index contributed by atoms with van der Waals surface area (Å²) in [6.07, 6.45) is 0. The first kappa shape index (κ1) is 10.5. The molecule has 1 N–H and O–H groups in total. The van der Waals surface area contributed by atoms with Gasteiger partial charge in [0.05, 0.1) is 7.11 Å². The fraction of sp³-hybridized carbons (Fsp3) is 0.300. The van der Waals surface area contributed by atoms with Gasteiger partial charge in [-0.1, -0.05) is 0 Å². The minimum Gasteiger partial charge on any atom is -0.494 e. The normalized spacial score (nSPS) is 9.71. The van der Waals surface area contributed by atoms with E-state index in [1.807, 2.05) is 0 Å². The van der Waals surface area contributed by atoms with E-state index < -0.39 is 5.82 Å². The maximum absolute atomic E-state index is 13.0. The number of nitrogens with one attached hydrogen (secondary N) is 1. The average Bonchev–Trinajstić information content (AvgIpc) is 2.17. The fourth-order valence-corrected chi connectivity index (χ4v) is 1.07. The van der Waals surface area contributed by atoms with Crippen LogP contribution in [-0.2, 0) is 0 Å². The standard InChI is InChI=1S/C10H13FN2O/c1-13(2)10(12)7-4-5-8(11)9(6-7)14-3/h4-6,12H,1-3H3. The zero-order valence-corrected chi connectivity index (χ0v) is 8.47. The first-order valence-electron chi connectivity index (χ1n) is 4.16. The van der Waals surface area contributed by atoms with Gasteiger partial charge in [-0.2, -0.15) is 0 Å². The smallest absolute Gasteiger partial charge is 0.165 e. The van der Waals surface area contributed by atoms with Gasteiger partial charge in [0.15, 0.2) is 11.6 Å². The van der Waals surface area contributed by atoms with Crippen LogP contribution in [0.25, 0.3) is 0 Å². The molecule has 0 atom stereocenters. The molecule has 0 radical (unpaired) electrons. The average molecular weight is 196 g/mol. The van der Waals surface area contributed by atoms with Gasteiger partial charge in [0, 0.05) is 19.7 Å². The summed E-state index contributed by atoms with van der Waals surface area (Å²) in [5.74, 6) is 0.0696. The number of halogens is 1. The number of methoxy groups -OCH3 is 1. The van der Waals surface area contributed by atoms with Crippen LogP contribution >= 0.6 is 0 Å². The molecule has 3 nitrogen and oxygen atoms in total. The zero-order valence-electron chi connectivity index (χ0n) is 8.47. The van der Waals surface area contributed by atoms with Crippen LogP contribution in [0.1, 0.15) is 5.56 Å². The van der Waals surface area contributed by atoms with Crippen molar-refractivity contribution < 1.29 is 9.13 Å². The highest BCUT2D eigenvalue weighted by atomic mass is 19.1. The van der Waals surface area contributed by atoms with Gasteiger partial charge in [0.1, 0.15) is 5.84 Å². The van der Waals surface area contributed by atoms with Gasteiger partial charge in [-0.05, 0) is 18.2 Å². The van der Waals surface area contributed by atoms with Crippen molar-refractivity contribution in [3.63, 3.8) is 0 Å². The Hall–Kier alpha value is -1.58. The van der Waals surface area contributed by atoms with Gasteiger partial charge in [-0.15, -0.1) is 0 Å². The topological polar surface area (TPSA) is 36.3 Å². The number of hydrogen-bond acceptors (Lipinski definition) is 2. The molecule has 1 rings (SSSR count). The lowest BCUT2D eigenvalue weighted by Crippen LogP contribution is -2.21. The Kier molecular flexibility index (Phi) is 3.06. The minimum atomic E-state index is -0.414. The number of hydrogen-bond donors (Lipinski definition) is 1. The molecule has 0 bridgehead atoms. The van der Waals surface area contributed by atoms with Crippen molar-refractivity contribution in [2.75, 3.05) is 21.2 Å². The number of rotatable bonds is 2. The van der Waals surface area contributed by atoms with E-state index in [0.717, 1.165) is 0 Å². The number of nitrogens with zero attached hydrogens (tertiary/aromatic N) is 1. The van der Waals surface area contributed by atoms with Crippen LogP contribution in [0.3, 0.4) is 0 Å². The largest absolute Gasteiger partial charge is 0.494 e. The molecule has 1 aromatic carbocycles. The number of amidine groups is 1. The van der Waals surface area contributed by atoms with E-state index in [2.05, 4.69) is 0 Å². The highest BCUT2D eigenvalue weighted by molar-refractivity contribution is 5.96. The fourth-order valence-electron chi connectivity index (χ4n) is 1.07. The maximum Gasteiger partial charge on any atom is 0.165 e. The minimum absolute atomic E-state index is 0.161. The molecule has 0 spiro atoms. The van der Waals surface area contributed by atoms with Crippen molar-refractivity contribution in [1.29, 1.82) is 5.41 Å². The summed E-state index contributed by atoms with van der Waals surface area (Å²) in [7, 11) is 4.93. The van der Waals surface area contributed by atoms with Gasteiger partial charge in [0.25, 0.3) is 0 Å². The van der Waals surface area contributed by atoms with E-state index in [1.165, 1.54) is 19.2 Å². The second kappa shape index (κ2) is 4.09. The summed E-state index contributed by atoms with van der Waals surface area (Å²) >= 11 is 0. The van der Waals surface area contributed by atoms with Crippen molar-refractivity contribution in [3.8, 4) is 5.75 Å². The summed E-state index contributed by atoms with van der Waals surface area (Å²) in [5.41, 5.74) is 0.633. The monoisotopic (exact) mass is 196 g/mol. The molecule has 0 fully saturated rings. The molecule has 0 aliphatic heterocycles. The van der Waals surface area contributed by atoms with Crippen LogP contribution in [0.5, 0.6) is 5.75 Å². The highest BCUT2D eigenvalue weighted by Gasteiger charge is 2.08. The van der Waals surface area contributed by atoms with Crippen molar-refractivity contribution in [2.45, 2.75) is 0 Å². The van der Waals surface area contributed by atoms with E-state index >= 15 is 0 Å². The summed E-state index contributed by atoms with van der Waals surface area (Å²) in [5, 5.41) is 7.67. The molecule has 4 heteroatoms. The first-order chi connectivity index (χ1) is 6.56. The summed E-state index contributed by atoms with van der Waals surface area (Å²) in [4.78, 5) is 1.65. The lowest BCUT2D eigenvalue weighted by Gasteiger charge is -2.14. The van der Waals surface area contributed by atoms with Crippen molar-refractivity contribution in [3.05, 3.63) is 29.6 Å². The van der Waals surface area contributed by atoms with E-state index in [1.54, 1.807) is 25.1 Å². The molecule has 0 unspecified atom stereocenters. The molecule has 0 saturated heterocycles. The summed E-state index contributed by atoms with van der Waals surface area (Å²) in [6.45, 7) is 0. The lowest BCUT2D eigenvalue weighted by atomic mass is 10.2. The van der Waals surface area contributed by atoms with Gasteiger partial charge < -0.3 is 9.64 Å². The first-order valence-corrected chi connectivity index (χ1v) is 4.16. The Labute approximate surface area is 82.6 Å². The quantitative estimate of drug-likeness (QED) is 0.577. The number of benzene rings is 1. The van der Waals surface area contributed by atoms with Crippen molar-refractivity contribution in [1.82, 2.24) is 4.90 Å². The summed E-state index contributed by atoms with van der Waals surface area (Å²) in [6, 6.07) is 4.37. The van der Waals surface area contributed by atoms with E-state index in [-0.39, 0.29) is 5.75 Å². The molecule has 0 aliphatic rings. The third-order valence-corrected chi connectivity index (χ3v) is 1.87. The second-order valence-corrected chi connectivity index (χ2v) is 3.09. The molecule has 76 valence electrons. The van der Waals surface area contributed by atoms with Gasteiger partial charge in [-0.3, -0.25) is 5.41 Å². The predicted molar refractivity (Wildman–Crippen MR) is 53.5 cm³/mol. The number of ether oxygens (including phenoxy) is 1. The Morgan fingerprint density at radius 1 is 1.43 bits per heavy atom. The Morgan fingerprint density at radius 3 is 2.57 bits per heavy atom. The third kappa shape index (κ3) is 2.02. The molecule has 0 aromatic heterocycles. The Morgan fingerprint density at radius 2 is 2.07 bits per heavy atom. The van der Waals surface area contributed by atoms with Crippen molar-refractivity contribution in [2.24, 2.45) is 0 Å². The molecule has 14 heavy (non-hydrogen) atoms. The van der Waals surface area contributed by atoms with Crippen LogP contribution in [-0.4, -0.2) is 31.9 Å². The molecular formula is C10H13FN2O. The highest BCUT2D eigenvalue weighted by Crippen LogP contribution is 2.18. The van der Waals surface area contributed by atoms with Crippen LogP contribution in [0.2, 0.25) is 0 Å². The van der Waals surface area contributed by atoms with E-state index in [0.29, 0.717) is 11.4 Å². The predicted octanol–water partition coefficient (Wildman–Crippen LogP) is 1.72. The Balaban J connectivity index is 3.06. The Bertz CT molecular complexity index is 350. The third-order valence-electron chi connectivity index (χ3n) is 1.87. The molecule has 0 heterocycles. The molecular weight excluding hydrogens is 183 g/mol. The van der Waals surface area contributed by atoms with Crippen LogP contribution in [0, 0.1) is 11.2 Å². The molecule has 1 aromatic rings. The van der Waals surface area contributed by atoms with Gasteiger partial charge in [-0.25, -0.2) is 4.39 Å². The maximum atomic E-state index is 13.0. The molecule has 0 amide bonds. The van der Waals surface area contributed by atoms with Gasteiger partial charge >= 0.3 is 0 Å². The summed E-state index contributed by atoms with van der Waals surface area (Å²) < 4.78 is 17.9. The van der Waals surface area contributed by atoms with Crippen molar-refractivity contribution >= 4 is 5.84 Å². The molecule has 0 aliphatic carbocycles. The van der Waals surface area contributed by atoms with Gasteiger partial charge in [0.2, 0.25) is 0 Å². The van der Waals surface area contributed by atoms with E-state index in [9.17, 15) is 4.39 Å². The second-order valence-electron chi connectivity index (χ2n) is 3.09. The molecule has 0 saturated carbocycles. The van der Waals surface area contributed by atoms with E-state index in [4.69, 9.17) is 10.1 Å². The van der Waals surface area contributed by atoms with Crippen LogP contribution in [0.15, 0.2) is 18.2 Å².